The van der Waals surface area contributed by atoms with E-state index in [9.17, 15) is 22.8 Å². The van der Waals surface area contributed by atoms with Crippen molar-refractivity contribution in [3.05, 3.63) is 21.9 Å². The Kier molecular flexibility index (Phi) is 5.61. The summed E-state index contributed by atoms with van der Waals surface area (Å²) in [5.74, 6) is -1.69. The van der Waals surface area contributed by atoms with Gasteiger partial charge in [-0.3, -0.25) is 9.59 Å². The Morgan fingerprint density at radius 3 is 2.41 bits per heavy atom. The fourth-order valence-electron chi connectivity index (χ4n) is 2.67. The zero-order valence-corrected chi connectivity index (χ0v) is 12.9. The Morgan fingerprint density at radius 1 is 1.14 bits per heavy atom. The normalized spacial score (nSPS) is 16.5. The first-order valence-corrected chi connectivity index (χ1v) is 8.19. The average molecular weight is 333 g/mol. The Balaban J connectivity index is 1.82. The van der Waals surface area contributed by atoms with Crippen LogP contribution in [0.1, 0.15) is 57.9 Å². The summed E-state index contributed by atoms with van der Waals surface area (Å²) in [6, 6.07) is 2.32. The van der Waals surface area contributed by atoms with Gasteiger partial charge in [0.25, 0.3) is 11.7 Å². The van der Waals surface area contributed by atoms with E-state index in [1.165, 1.54) is 38.2 Å². The van der Waals surface area contributed by atoms with Gasteiger partial charge < -0.3 is 5.32 Å². The van der Waals surface area contributed by atoms with Crippen LogP contribution in [0.25, 0.3) is 0 Å². The van der Waals surface area contributed by atoms with Crippen LogP contribution in [0.2, 0.25) is 0 Å². The number of carbonyl (C=O) groups is 2. The van der Waals surface area contributed by atoms with Crippen LogP contribution in [0.5, 0.6) is 0 Å². The van der Waals surface area contributed by atoms with Crippen LogP contribution >= 0.6 is 11.3 Å². The van der Waals surface area contributed by atoms with Crippen LogP contribution in [0.4, 0.5) is 13.2 Å². The summed E-state index contributed by atoms with van der Waals surface area (Å²) in [4.78, 5) is 22.6. The van der Waals surface area contributed by atoms with Gasteiger partial charge in [-0.15, -0.1) is 11.3 Å². The summed E-state index contributed by atoms with van der Waals surface area (Å²) in [5, 5.41) is 2.72. The molecule has 0 unspecified atom stereocenters. The van der Waals surface area contributed by atoms with Gasteiger partial charge in [0.15, 0.2) is 0 Å². The molecule has 1 aliphatic carbocycles. The van der Waals surface area contributed by atoms with E-state index in [1.807, 2.05) is 0 Å². The zero-order chi connectivity index (χ0) is 16.2. The number of carbonyl (C=O) groups excluding carboxylic acids is 2. The predicted octanol–water partition coefficient (Wildman–Crippen LogP) is 4.19. The largest absolute Gasteiger partial charge is 0.455 e. The molecule has 0 bridgehead atoms. The van der Waals surface area contributed by atoms with Crippen LogP contribution in [-0.4, -0.2) is 24.4 Å². The molecule has 1 N–H and O–H groups in total. The van der Waals surface area contributed by atoms with E-state index in [1.54, 1.807) is 0 Å². The highest BCUT2D eigenvalue weighted by molar-refractivity contribution is 7.16. The molecule has 22 heavy (non-hydrogen) atoms. The standard InChI is InChI=1S/C15H18F3NO2S/c16-15(17,18)13(20)11-6-7-12(22-11)14(21)19-9-8-10-4-2-1-3-5-10/h6-7,10H,1-5,8-9H2,(H,19,21). The van der Waals surface area contributed by atoms with Crippen molar-refractivity contribution in [1.82, 2.24) is 5.32 Å². The quantitative estimate of drug-likeness (QED) is 0.821. The lowest BCUT2D eigenvalue weighted by Crippen LogP contribution is -2.25. The third kappa shape index (κ3) is 4.56. The van der Waals surface area contributed by atoms with E-state index < -0.39 is 22.7 Å². The van der Waals surface area contributed by atoms with Gasteiger partial charge in [-0.05, 0) is 24.5 Å². The summed E-state index contributed by atoms with van der Waals surface area (Å²) in [6.45, 7) is 0.518. The summed E-state index contributed by atoms with van der Waals surface area (Å²) in [5.41, 5.74) is 0. The van der Waals surface area contributed by atoms with E-state index in [2.05, 4.69) is 5.32 Å². The van der Waals surface area contributed by atoms with Gasteiger partial charge in [-0.25, -0.2) is 0 Å². The number of halogens is 3. The Bertz CT molecular complexity index is 533. The Hall–Kier alpha value is -1.37. The molecule has 7 heteroatoms. The van der Waals surface area contributed by atoms with Gasteiger partial charge in [0, 0.05) is 6.54 Å². The first-order chi connectivity index (χ1) is 10.4. The molecular weight excluding hydrogens is 315 g/mol. The van der Waals surface area contributed by atoms with E-state index in [-0.39, 0.29) is 4.88 Å². The van der Waals surface area contributed by atoms with Crippen molar-refractivity contribution in [3.8, 4) is 0 Å². The van der Waals surface area contributed by atoms with Crippen molar-refractivity contribution in [2.45, 2.75) is 44.7 Å². The van der Waals surface area contributed by atoms with Crippen LogP contribution in [0.15, 0.2) is 12.1 Å². The van der Waals surface area contributed by atoms with E-state index in [0.29, 0.717) is 23.8 Å². The van der Waals surface area contributed by atoms with E-state index in [0.717, 1.165) is 12.5 Å². The zero-order valence-electron chi connectivity index (χ0n) is 12.0. The fraction of sp³-hybridized carbons (Fsp3) is 0.600. The monoisotopic (exact) mass is 333 g/mol. The minimum Gasteiger partial charge on any atom is -0.351 e. The molecule has 0 spiro atoms. The molecule has 1 saturated carbocycles. The number of ketones is 1. The molecule has 3 nitrogen and oxygen atoms in total. The van der Waals surface area contributed by atoms with Crippen molar-refractivity contribution < 1.29 is 22.8 Å². The molecule has 0 aromatic carbocycles. The maximum atomic E-state index is 12.3. The van der Waals surface area contributed by atoms with E-state index >= 15 is 0 Å². The van der Waals surface area contributed by atoms with Gasteiger partial charge >= 0.3 is 6.18 Å². The molecular formula is C15H18F3NO2S. The molecule has 0 saturated heterocycles. The highest BCUT2D eigenvalue weighted by Crippen LogP contribution is 2.27. The fourth-order valence-corrected chi connectivity index (χ4v) is 3.56. The molecule has 1 amide bonds. The number of nitrogens with one attached hydrogen (secondary N) is 1. The smallest absolute Gasteiger partial charge is 0.351 e. The summed E-state index contributed by atoms with van der Waals surface area (Å²) in [7, 11) is 0. The number of thiophene rings is 1. The minimum absolute atomic E-state index is 0.135. The van der Waals surface area contributed by atoms with Crippen LogP contribution in [-0.2, 0) is 0 Å². The first-order valence-electron chi connectivity index (χ1n) is 7.37. The minimum atomic E-state index is -4.90. The molecule has 1 heterocycles. The molecule has 0 atom stereocenters. The van der Waals surface area contributed by atoms with Crippen molar-refractivity contribution in [1.29, 1.82) is 0 Å². The number of amides is 1. The number of hydrogen-bond donors (Lipinski definition) is 1. The number of alkyl halides is 3. The molecule has 2 rings (SSSR count). The number of Topliss-reactive ketones (excluding diaryl/α,β-unsaturated/α-hetero) is 1. The average Bonchev–Trinajstić information content (AvgIpc) is 2.96. The van der Waals surface area contributed by atoms with Crippen molar-refractivity contribution in [2.75, 3.05) is 6.54 Å². The maximum absolute atomic E-state index is 12.3. The molecule has 1 aliphatic rings. The second-order valence-electron chi connectivity index (χ2n) is 5.54. The lowest BCUT2D eigenvalue weighted by Gasteiger charge is -2.21. The SMILES string of the molecule is O=C(NCCC1CCCCC1)c1ccc(C(=O)C(F)(F)F)s1. The van der Waals surface area contributed by atoms with Gasteiger partial charge in [-0.1, -0.05) is 32.1 Å². The molecule has 0 radical (unpaired) electrons. The molecule has 122 valence electrons. The summed E-state index contributed by atoms with van der Waals surface area (Å²) < 4.78 is 36.9. The molecule has 1 aromatic rings. The molecule has 1 fully saturated rings. The van der Waals surface area contributed by atoms with Crippen LogP contribution in [0.3, 0.4) is 0 Å². The lowest BCUT2D eigenvalue weighted by atomic mass is 9.87. The molecule has 1 aromatic heterocycles. The van der Waals surface area contributed by atoms with Gasteiger partial charge in [0.1, 0.15) is 0 Å². The lowest BCUT2D eigenvalue weighted by molar-refractivity contribution is -0.0882. The van der Waals surface area contributed by atoms with Crippen molar-refractivity contribution >= 4 is 23.0 Å². The Morgan fingerprint density at radius 2 is 1.77 bits per heavy atom. The van der Waals surface area contributed by atoms with Crippen molar-refractivity contribution in [3.63, 3.8) is 0 Å². The molecule has 0 aliphatic heterocycles. The highest BCUT2D eigenvalue weighted by atomic mass is 32.1. The Labute approximate surface area is 130 Å². The van der Waals surface area contributed by atoms with Gasteiger partial charge in [0.2, 0.25) is 0 Å². The maximum Gasteiger partial charge on any atom is 0.455 e. The van der Waals surface area contributed by atoms with Crippen molar-refractivity contribution in [2.24, 2.45) is 5.92 Å². The van der Waals surface area contributed by atoms with Gasteiger partial charge in [0.05, 0.1) is 9.75 Å². The summed E-state index contributed by atoms with van der Waals surface area (Å²) >= 11 is 0.580. The van der Waals surface area contributed by atoms with E-state index in [4.69, 9.17) is 0 Å². The first kappa shape index (κ1) is 17.0. The third-order valence-corrected chi connectivity index (χ3v) is 4.96. The second-order valence-corrected chi connectivity index (χ2v) is 6.62. The van der Waals surface area contributed by atoms with Crippen LogP contribution in [0, 0.1) is 5.92 Å². The highest BCUT2D eigenvalue weighted by Gasteiger charge is 2.40. The van der Waals surface area contributed by atoms with Gasteiger partial charge in [-0.2, -0.15) is 13.2 Å². The number of hydrogen-bond acceptors (Lipinski definition) is 3. The van der Waals surface area contributed by atoms with Crippen LogP contribution < -0.4 is 5.32 Å². The summed E-state index contributed by atoms with van der Waals surface area (Å²) in [6.07, 6.45) is 2.08. The third-order valence-electron chi connectivity index (χ3n) is 3.87. The number of rotatable bonds is 5. The second kappa shape index (κ2) is 7.26. The predicted molar refractivity (Wildman–Crippen MR) is 78.2 cm³/mol. The topological polar surface area (TPSA) is 46.2 Å².